The zero-order valence-corrected chi connectivity index (χ0v) is 6.61. The fraction of sp³-hybridized carbons (Fsp3) is 0.714. The smallest absolute Gasteiger partial charge is 0.320 e. The number of rotatable bonds is 3. The molecule has 0 aromatic heterocycles. The molecule has 1 heterocycles. The molecule has 1 aliphatic rings. The summed E-state index contributed by atoms with van der Waals surface area (Å²) in [4.78, 5) is 10.7. The van der Waals surface area contributed by atoms with E-state index >= 15 is 0 Å². The molecule has 0 radical (unpaired) electrons. The van der Waals surface area contributed by atoms with Crippen molar-refractivity contribution in [2.24, 2.45) is 0 Å². The van der Waals surface area contributed by atoms with Crippen LogP contribution >= 0.6 is 0 Å². The summed E-state index contributed by atoms with van der Waals surface area (Å²) in [5.41, 5.74) is 0. The van der Waals surface area contributed by atoms with Crippen LogP contribution in [0.3, 0.4) is 0 Å². The summed E-state index contributed by atoms with van der Waals surface area (Å²) in [7, 11) is 0. The Hall–Kier alpha value is -1.06. The molecular weight excluding hydrogens is 142 g/mol. The summed E-state index contributed by atoms with van der Waals surface area (Å²) in [6.45, 7) is 2.09. The van der Waals surface area contributed by atoms with Gasteiger partial charge in [0.2, 0.25) is 0 Å². The summed E-state index contributed by atoms with van der Waals surface area (Å²) in [5.74, 6) is 0.309. The van der Waals surface area contributed by atoms with Crippen LogP contribution in [0.2, 0.25) is 0 Å². The SMILES string of the molecule is CCCCC1NC(=O)NC1=N. The fourth-order valence-electron chi connectivity index (χ4n) is 1.10. The van der Waals surface area contributed by atoms with Crippen LogP contribution in [-0.2, 0) is 0 Å². The standard InChI is InChI=1S/C7H13N3O/c1-2-3-4-5-6(8)10-7(11)9-5/h5H,2-4H2,1H3,(H3,8,9,10,11). The molecule has 1 fully saturated rings. The molecule has 0 spiro atoms. The molecule has 11 heavy (non-hydrogen) atoms. The predicted molar refractivity (Wildman–Crippen MR) is 42.7 cm³/mol. The van der Waals surface area contributed by atoms with Gasteiger partial charge in [0.25, 0.3) is 0 Å². The molecule has 4 heteroatoms. The lowest BCUT2D eigenvalue weighted by Gasteiger charge is -2.05. The topological polar surface area (TPSA) is 65.0 Å². The van der Waals surface area contributed by atoms with Crippen molar-refractivity contribution in [2.45, 2.75) is 32.2 Å². The van der Waals surface area contributed by atoms with Crippen LogP contribution in [0, 0.1) is 5.41 Å². The van der Waals surface area contributed by atoms with Crippen molar-refractivity contribution in [3.05, 3.63) is 0 Å². The maximum absolute atomic E-state index is 10.7. The monoisotopic (exact) mass is 155 g/mol. The Bertz CT molecular complexity index is 179. The van der Waals surface area contributed by atoms with Crippen LogP contribution in [0.5, 0.6) is 0 Å². The average Bonchev–Trinajstić information content (AvgIpc) is 2.26. The van der Waals surface area contributed by atoms with Crippen LogP contribution in [0.15, 0.2) is 0 Å². The Morgan fingerprint density at radius 2 is 2.36 bits per heavy atom. The largest absolute Gasteiger partial charge is 0.328 e. The first-order valence-corrected chi connectivity index (χ1v) is 3.90. The van der Waals surface area contributed by atoms with Crippen LogP contribution in [0.1, 0.15) is 26.2 Å². The maximum atomic E-state index is 10.7. The van der Waals surface area contributed by atoms with Gasteiger partial charge in [0.1, 0.15) is 5.84 Å². The molecule has 1 rings (SSSR count). The van der Waals surface area contributed by atoms with Gasteiger partial charge in [-0.25, -0.2) is 4.79 Å². The molecule has 2 amide bonds. The summed E-state index contributed by atoms with van der Waals surface area (Å²) in [5, 5.41) is 12.4. The van der Waals surface area contributed by atoms with Crippen molar-refractivity contribution in [2.75, 3.05) is 0 Å². The normalized spacial score (nSPS) is 23.2. The predicted octanol–water partition coefficient (Wildman–Crippen LogP) is 0.835. The Kier molecular flexibility index (Phi) is 2.46. The third-order valence-electron chi connectivity index (χ3n) is 1.75. The van der Waals surface area contributed by atoms with Crippen LogP contribution in [-0.4, -0.2) is 17.9 Å². The lowest BCUT2D eigenvalue weighted by atomic mass is 10.1. The van der Waals surface area contributed by atoms with E-state index < -0.39 is 0 Å². The number of amides is 2. The number of nitrogens with one attached hydrogen (secondary N) is 3. The Morgan fingerprint density at radius 3 is 2.82 bits per heavy atom. The van der Waals surface area contributed by atoms with Gasteiger partial charge in [0, 0.05) is 0 Å². The molecule has 0 bridgehead atoms. The summed E-state index contributed by atoms with van der Waals surface area (Å²) < 4.78 is 0. The fourth-order valence-corrected chi connectivity index (χ4v) is 1.10. The lowest BCUT2D eigenvalue weighted by molar-refractivity contribution is 0.247. The Balaban J connectivity index is 2.34. The van der Waals surface area contributed by atoms with Crippen LogP contribution in [0.4, 0.5) is 4.79 Å². The first kappa shape index (κ1) is 8.04. The molecule has 1 aliphatic heterocycles. The van der Waals surface area contributed by atoms with Crippen molar-refractivity contribution < 1.29 is 4.79 Å². The number of carbonyl (C=O) groups excluding carboxylic acids is 1. The number of hydrogen-bond acceptors (Lipinski definition) is 2. The van der Waals surface area contributed by atoms with Gasteiger partial charge < -0.3 is 5.32 Å². The Labute approximate surface area is 65.9 Å². The molecule has 0 aliphatic carbocycles. The molecule has 0 aromatic carbocycles. The highest BCUT2D eigenvalue weighted by atomic mass is 16.2. The van der Waals surface area contributed by atoms with Crippen molar-refractivity contribution in [3.63, 3.8) is 0 Å². The van der Waals surface area contributed by atoms with Gasteiger partial charge in [0.05, 0.1) is 6.04 Å². The second kappa shape index (κ2) is 3.37. The molecular formula is C7H13N3O. The van der Waals surface area contributed by atoms with Crippen molar-refractivity contribution in [1.29, 1.82) is 5.41 Å². The van der Waals surface area contributed by atoms with Gasteiger partial charge >= 0.3 is 6.03 Å². The highest BCUT2D eigenvalue weighted by Gasteiger charge is 2.24. The van der Waals surface area contributed by atoms with Gasteiger partial charge in [-0.05, 0) is 6.42 Å². The van der Waals surface area contributed by atoms with Crippen molar-refractivity contribution >= 4 is 11.9 Å². The second-order valence-corrected chi connectivity index (χ2v) is 2.71. The van der Waals surface area contributed by atoms with Gasteiger partial charge in [0.15, 0.2) is 0 Å². The van der Waals surface area contributed by atoms with E-state index in [1.54, 1.807) is 0 Å². The molecule has 62 valence electrons. The molecule has 1 atom stereocenters. The minimum Gasteiger partial charge on any atom is -0.328 e. The molecule has 1 saturated heterocycles. The minimum absolute atomic E-state index is 0.0672. The second-order valence-electron chi connectivity index (χ2n) is 2.71. The first-order valence-electron chi connectivity index (χ1n) is 3.90. The van der Waals surface area contributed by atoms with Gasteiger partial charge in [-0.1, -0.05) is 19.8 Å². The van der Waals surface area contributed by atoms with E-state index in [-0.39, 0.29) is 12.1 Å². The van der Waals surface area contributed by atoms with E-state index in [4.69, 9.17) is 5.41 Å². The lowest BCUT2D eigenvalue weighted by Crippen LogP contribution is -2.28. The van der Waals surface area contributed by atoms with Gasteiger partial charge in [-0.3, -0.25) is 10.7 Å². The van der Waals surface area contributed by atoms with Crippen LogP contribution < -0.4 is 10.6 Å². The van der Waals surface area contributed by atoms with E-state index in [1.807, 2.05) is 0 Å². The average molecular weight is 155 g/mol. The van der Waals surface area contributed by atoms with E-state index in [0.717, 1.165) is 19.3 Å². The summed E-state index contributed by atoms with van der Waals surface area (Å²) >= 11 is 0. The molecule has 1 unspecified atom stereocenters. The van der Waals surface area contributed by atoms with Crippen molar-refractivity contribution in [3.8, 4) is 0 Å². The quantitative estimate of drug-likeness (QED) is 0.555. The zero-order valence-electron chi connectivity index (χ0n) is 6.61. The molecule has 0 aromatic rings. The Morgan fingerprint density at radius 1 is 1.64 bits per heavy atom. The van der Waals surface area contributed by atoms with E-state index in [9.17, 15) is 4.79 Å². The maximum Gasteiger partial charge on any atom is 0.320 e. The third kappa shape index (κ3) is 1.93. The van der Waals surface area contributed by atoms with Crippen molar-refractivity contribution in [1.82, 2.24) is 10.6 Å². The molecule has 0 saturated carbocycles. The highest BCUT2D eigenvalue weighted by molar-refractivity contribution is 6.05. The zero-order chi connectivity index (χ0) is 8.27. The first-order chi connectivity index (χ1) is 5.24. The number of unbranched alkanes of at least 4 members (excludes halogenated alkanes) is 1. The molecule has 3 N–H and O–H groups in total. The summed E-state index contributed by atoms with van der Waals surface area (Å²) in [6, 6.07) is -0.307. The number of carbonyl (C=O) groups is 1. The number of hydrogen-bond donors (Lipinski definition) is 3. The number of amidine groups is 1. The van der Waals surface area contributed by atoms with Crippen LogP contribution in [0.25, 0.3) is 0 Å². The highest BCUT2D eigenvalue weighted by Crippen LogP contribution is 2.04. The summed E-state index contributed by atoms with van der Waals surface area (Å²) in [6.07, 6.45) is 3.02. The molecule has 4 nitrogen and oxygen atoms in total. The third-order valence-corrected chi connectivity index (χ3v) is 1.75. The minimum atomic E-state index is -0.240. The van der Waals surface area contributed by atoms with E-state index in [0.29, 0.717) is 5.84 Å². The van der Waals surface area contributed by atoms with Gasteiger partial charge in [-0.2, -0.15) is 0 Å². The van der Waals surface area contributed by atoms with Gasteiger partial charge in [-0.15, -0.1) is 0 Å². The van der Waals surface area contributed by atoms with E-state index in [1.165, 1.54) is 0 Å². The van der Waals surface area contributed by atoms with E-state index in [2.05, 4.69) is 17.6 Å². The number of urea groups is 1.